The van der Waals surface area contributed by atoms with E-state index in [0.29, 0.717) is 5.69 Å². The van der Waals surface area contributed by atoms with Crippen molar-refractivity contribution in [3.05, 3.63) is 78.5 Å². The molecule has 2 heterocycles. The Morgan fingerprint density at radius 2 is 1.82 bits per heavy atom. The number of amides is 2. The van der Waals surface area contributed by atoms with Gasteiger partial charge >= 0.3 is 18.2 Å². The maximum atomic E-state index is 14.2. The Morgan fingerprint density at radius 1 is 1.06 bits per heavy atom. The lowest BCUT2D eigenvalue weighted by Crippen LogP contribution is -2.20. The number of urea groups is 1. The van der Waals surface area contributed by atoms with Crippen molar-refractivity contribution in [2.75, 3.05) is 10.6 Å². The van der Waals surface area contributed by atoms with Crippen LogP contribution in [0.1, 0.15) is 5.56 Å². The number of carbonyl (C=O) groups is 1. The van der Waals surface area contributed by atoms with Crippen molar-refractivity contribution in [3.63, 3.8) is 0 Å². The highest BCUT2D eigenvalue weighted by atomic mass is 19.4. The minimum absolute atomic E-state index is 0.00637. The third-order valence-electron chi connectivity index (χ3n) is 4.50. The number of hydrogen-bond donors (Lipinski definition) is 2. The lowest BCUT2D eigenvalue weighted by molar-refractivity contribution is -0.137. The average molecular weight is 472 g/mol. The molecule has 4 aromatic rings. The molecule has 4 rings (SSSR count). The summed E-state index contributed by atoms with van der Waals surface area (Å²) in [4.78, 5) is 20.5. The molecule has 0 fully saturated rings. The maximum absolute atomic E-state index is 14.2. The van der Waals surface area contributed by atoms with E-state index in [9.17, 15) is 22.4 Å². The smallest absolute Gasteiger partial charge is 0.416 e. The van der Waals surface area contributed by atoms with Gasteiger partial charge in [0.2, 0.25) is 0 Å². The molecule has 12 heteroatoms. The zero-order valence-electron chi connectivity index (χ0n) is 17.5. The third-order valence-corrected chi connectivity index (χ3v) is 4.50. The second-order valence-corrected chi connectivity index (χ2v) is 7.03. The van der Waals surface area contributed by atoms with E-state index in [1.165, 1.54) is 18.3 Å². The highest BCUT2D eigenvalue weighted by Crippen LogP contribution is 2.30. The van der Waals surface area contributed by atoms with Crippen molar-refractivity contribution in [2.24, 2.45) is 7.05 Å². The van der Waals surface area contributed by atoms with Crippen LogP contribution < -0.4 is 15.4 Å². The quantitative estimate of drug-likeness (QED) is 0.376. The van der Waals surface area contributed by atoms with Gasteiger partial charge in [0, 0.05) is 36.8 Å². The normalized spacial score (nSPS) is 11.2. The topological polar surface area (TPSA) is 94.0 Å². The van der Waals surface area contributed by atoms with E-state index in [0.717, 1.165) is 35.9 Å². The predicted octanol–water partition coefficient (Wildman–Crippen LogP) is 5.47. The van der Waals surface area contributed by atoms with Gasteiger partial charge < -0.3 is 15.4 Å². The number of nitrogens with one attached hydrogen (secondary N) is 2. The van der Waals surface area contributed by atoms with E-state index < -0.39 is 23.6 Å². The van der Waals surface area contributed by atoms with E-state index in [4.69, 9.17) is 4.74 Å². The lowest BCUT2D eigenvalue weighted by Gasteiger charge is -2.11. The van der Waals surface area contributed by atoms with Crippen molar-refractivity contribution in [1.82, 2.24) is 19.7 Å². The first kappa shape index (κ1) is 22.7. The molecule has 0 aliphatic heterocycles. The fourth-order valence-electron chi connectivity index (χ4n) is 2.90. The number of nitrogens with zero attached hydrogens (tertiary/aromatic N) is 4. The summed E-state index contributed by atoms with van der Waals surface area (Å²) < 4.78 is 59.4. The minimum atomic E-state index is -4.49. The Bertz CT molecular complexity index is 1320. The number of carbonyl (C=O) groups excluding carboxylic acids is 1. The monoisotopic (exact) mass is 472 g/mol. The van der Waals surface area contributed by atoms with Gasteiger partial charge in [-0.05, 0) is 42.5 Å². The van der Waals surface area contributed by atoms with Crippen LogP contribution in [0.2, 0.25) is 0 Å². The molecule has 0 aliphatic carbocycles. The van der Waals surface area contributed by atoms with Crippen molar-refractivity contribution in [1.29, 1.82) is 0 Å². The Balaban J connectivity index is 1.44. The van der Waals surface area contributed by atoms with Crippen molar-refractivity contribution in [2.45, 2.75) is 6.18 Å². The zero-order chi connectivity index (χ0) is 24.3. The van der Waals surface area contributed by atoms with Crippen LogP contribution in [0.4, 0.5) is 33.7 Å². The van der Waals surface area contributed by atoms with Gasteiger partial charge in [-0.15, -0.1) is 0 Å². The number of alkyl halides is 3. The summed E-state index contributed by atoms with van der Waals surface area (Å²) in [5.74, 6) is -0.602. The molecule has 2 aromatic carbocycles. The first-order valence-electron chi connectivity index (χ1n) is 9.72. The van der Waals surface area contributed by atoms with Crippen LogP contribution >= 0.6 is 0 Å². The van der Waals surface area contributed by atoms with Crippen LogP contribution in [0.3, 0.4) is 0 Å². The van der Waals surface area contributed by atoms with Gasteiger partial charge in [0.1, 0.15) is 11.6 Å². The van der Waals surface area contributed by atoms with E-state index >= 15 is 0 Å². The molecule has 8 nitrogen and oxygen atoms in total. The lowest BCUT2D eigenvalue weighted by atomic mass is 10.2. The van der Waals surface area contributed by atoms with Gasteiger partial charge in [-0.3, -0.25) is 4.68 Å². The Labute approximate surface area is 190 Å². The first-order valence-corrected chi connectivity index (χ1v) is 9.72. The van der Waals surface area contributed by atoms with Crippen LogP contribution in [0.15, 0.2) is 67.1 Å². The van der Waals surface area contributed by atoms with E-state index in [1.54, 1.807) is 30.2 Å². The average Bonchev–Trinajstić information content (AvgIpc) is 3.22. The maximum Gasteiger partial charge on any atom is 0.416 e. The molecule has 0 aliphatic rings. The highest BCUT2D eigenvalue weighted by molar-refractivity contribution is 5.99. The molecule has 0 saturated heterocycles. The molecular weight excluding hydrogens is 456 g/mol. The van der Waals surface area contributed by atoms with E-state index in [2.05, 4.69) is 25.7 Å². The molecule has 0 saturated carbocycles. The standard InChI is InChI=1S/C22H16F4N6O2/c1-32-12-13(11-28-32)18-8-9-27-21(31-18)34-16-6-7-17(23)19(10-16)30-20(33)29-15-4-2-14(3-5-15)22(24,25)26/h2-12H,1H3,(H2,29,30,33). The zero-order valence-corrected chi connectivity index (χ0v) is 17.5. The second kappa shape index (κ2) is 9.17. The first-order chi connectivity index (χ1) is 16.2. The number of halogens is 4. The largest absolute Gasteiger partial charge is 0.424 e. The fourth-order valence-corrected chi connectivity index (χ4v) is 2.90. The van der Waals surface area contributed by atoms with Crippen LogP contribution in [-0.2, 0) is 13.2 Å². The molecule has 2 N–H and O–H groups in total. The predicted molar refractivity (Wildman–Crippen MR) is 115 cm³/mol. The molecule has 0 spiro atoms. The molecule has 2 aromatic heterocycles. The summed E-state index contributed by atoms with van der Waals surface area (Å²) in [5, 5.41) is 8.70. The SMILES string of the molecule is Cn1cc(-c2ccnc(Oc3ccc(F)c(NC(=O)Nc4ccc(C(F)(F)F)cc4)c3)n2)cn1. The number of aromatic nitrogens is 4. The van der Waals surface area contributed by atoms with E-state index in [1.807, 2.05) is 0 Å². The van der Waals surface area contributed by atoms with Gasteiger partial charge in [0.05, 0.1) is 23.1 Å². The summed E-state index contributed by atoms with van der Waals surface area (Å²) in [5.41, 5.74) is 0.332. The number of aryl methyl sites for hydroxylation is 1. The number of hydrogen-bond acceptors (Lipinski definition) is 5. The minimum Gasteiger partial charge on any atom is -0.424 e. The molecule has 34 heavy (non-hydrogen) atoms. The van der Waals surface area contributed by atoms with Gasteiger partial charge in [-0.2, -0.15) is 23.3 Å². The van der Waals surface area contributed by atoms with Crippen LogP contribution in [0.25, 0.3) is 11.3 Å². The molecule has 2 amide bonds. The molecule has 0 unspecified atom stereocenters. The summed E-state index contributed by atoms with van der Waals surface area (Å²) >= 11 is 0. The van der Waals surface area contributed by atoms with Crippen LogP contribution in [0, 0.1) is 5.82 Å². The Morgan fingerprint density at radius 3 is 2.50 bits per heavy atom. The number of ether oxygens (including phenoxy) is 1. The van der Waals surface area contributed by atoms with Crippen molar-refractivity contribution in [3.8, 4) is 23.0 Å². The number of rotatable bonds is 5. The molecule has 0 atom stereocenters. The summed E-state index contributed by atoms with van der Waals surface area (Å²) in [6.07, 6.45) is 0.388. The van der Waals surface area contributed by atoms with Crippen LogP contribution in [-0.4, -0.2) is 25.8 Å². The summed E-state index contributed by atoms with van der Waals surface area (Å²) in [7, 11) is 1.77. The molecule has 0 radical (unpaired) electrons. The van der Waals surface area contributed by atoms with Gasteiger partial charge in [-0.1, -0.05) is 0 Å². The van der Waals surface area contributed by atoms with Crippen molar-refractivity contribution < 1.29 is 27.1 Å². The van der Waals surface area contributed by atoms with Gasteiger partial charge in [-0.25, -0.2) is 14.2 Å². The van der Waals surface area contributed by atoms with Gasteiger partial charge in [0.15, 0.2) is 0 Å². The third kappa shape index (κ3) is 5.46. The molecule has 174 valence electrons. The van der Waals surface area contributed by atoms with Crippen molar-refractivity contribution >= 4 is 17.4 Å². The van der Waals surface area contributed by atoms with Gasteiger partial charge in [0.25, 0.3) is 0 Å². The number of benzene rings is 2. The van der Waals surface area contributed by atoms with E-state index in [-0.39, 0.29) is 23.1 Å². The Hall–Kier alpha value is -4.48. The number of anilines is 2. The highest BCUT2D eigenvalue weighted by Gasteiger charge is 2.30. The van der Waals surface area contributed by atoms with Crippen LogP contribution in [0.5, 0.6) is 11.8 Å². The fraction of sp³-hybridized carbons (Fsp3) is 0.0909. The second-order valence-electron chi connectivity index (χ2n) is 7.03. The molecular formula is C22H16F4N6O2. The summed E-state index contributed by atoms with van der Waals surface area (Å²) in [6, 6.07) is 8.26. The molecule has 0 bridgehead atoms. The Kier molecular flexibility index (Phi) is 6.13. The summed E-state index contributed by atoms with van der Waals surface area (Å²) in [6.45, 7) is 0.